The standard InChI is InChI=1S/C8H8/c1-6-2-3-7-5-8(7)4-6/h2-4,7H,1,5H2. The molecule has 0 N–H and O–H groups in total. The fraction of sp³-hybridized carbons (Fsp3) is 0.250. The van der Waals surface area contributed by atoms with Crippen LogP contribution in [0.5, 0.6) is 0 Å². The van der Waals surface area contributed by atoms with E-state index in [1.54, 1.807) is 5.57 Å². The van der Waals surface area contributed by atoms with Gasteiger partial charge in [0.1, 0.15) is 0 Å². The highest BCUT2D eigenvalue weighted by molar-refractivity contribution is 5.45. The number of hydrogen-bond acceptors (Lipinski definition) is 0. The average molecular weight is 104 g/mol. The molecule has 1 saturated carbocycles. The summed E-state index contributed by atoms with van der Waals surface area (Å²) in [6.45, 7) is 3.83. The van der Waals surface area contributed by atoms with Gasteiger partial charge in [-0.1, -0.05) is 30.4 Å². The van der Waals surface area contributed by atoms with Gasteiger partial charge in [-0.2, -0.15) is 0 Å². The molecule has 1 unspecified atom stereocenters. The third-order valence-corrected chi connectivity index (χ3v) is 1.69. The number of fused-ring (bicyclic) bond motifs is 1. The molecule has 0 bridgehead atoms. The smallest absolute Gasteiger partial charge is 0.00212 e. The van der Waals surface area contributed by atoms with Crippen molar-refractivity contribution < 1.29 is 0 Å². The lowest BCUT2D eigenvalue weighted by molar-refractivity contribution is 1.15. The van der Waals surface area contributed by atoms with E-state index < -0.39 is 0 Å². The van der Waals surface area contributed by atoms with E-state index in [1.807, 2.05) is 0 Å². The summed E-state index contributed by atoms with van der Waals surface area (Å²) in [7, 11) is 0. The summed E-state index contributed by atoms with van der Waals surface area (Å²) in [4.78, 5) is 0. The van der Waals surface area contributed by atoms with E-state index in [9.17, 15) is 0 Å². The predicted molar refractivity (Wildman–Crippen MR) is 34.5 cm³/mol. The Kier molecular flexibility index (Phi) is 0.587. The van der Waals surface area contributed by atoms with Crippen molar-refractivity contribution in [3.8, 4) is 0 Å². The minimum Gasteiger partial charge on any atom is -0.0918 e. The molecule has 1 fully saturated rings. The Balaban J connectivity index is 2.38. The van der Waals surface area contributed by atoms with Crippen LogP contribution in [0.4, 0.5) is 0 Å². The summed E-state index contributed by atoms with van der Waals surface area (Å²) >= 11 is 0. The van der Waals surface area contributed by atoms with E-state index in [4.69, 9.17) is 0 Å². The van der Waals surface area contributed by atoms with Gasteiger partial charge in [0.25, 0.3) is 0 Å². The molecule has 0 aromatic carbocycles. The van der Waals surface area contributed by atoms with Crippen LogP contribution in [0.25, 0.3) is 0 Å². The maximum Gasteiger partial charge on any atom is 0.00212 e. The molecule has 2 aliphatic rings. The molecule has 0 aliphatic heterocycles. The molecule has 2 aliphatic carbocycles. The minimum atomic E-state index is 0.806. The normalized spacial score (nSPS) is 31.8. The van der Waals surface area contributed by atoms with Crippen LogP contribution >= 0.6 is 0 Å². The molecule has 0 radical (unpaired) electrons. The van der Waals surface area contributed by atoms with Gasteiger partial charge in [-0.25, -0.2) is 0 Å². The van der Waals surface area contributed by atoms with Crippen LogP contribution in [0.1, 0.15) is 6.42 Å². The van der Waals surface area contributed by atoms with Gasteiger partial charge in [0.05, 0.1) is 0 Å². The molecule has 0 heteroatoms. The molecular weight excluding hydrogens is 96.1 g/mol. The van der Waals surface area contributed by atoms with Gasteiger partial charge in [-0.15, -0.1) is 0 Å². The van der Waals surface area contributed by atoms with E-state index >= 15 is 0 Å². The molecule has 0 heterocycles. The summed E-state index contributed by atoms with van der Waals surface area (Å²) in [6.07, 6.45) is 7.80. The van der Waals surface area contributed by atoms with Crippen molar-refractivity contribution in [2.45, 2.75) is 6.42 Å². The second kappa shape index (κ2) is 1.13. The molecule has 40 valence electrons. The van der Waals surface area contributed by atoms with Crippen LogP contribution in [0, 0.1) is 5.92 Å². The zero-order valence-electron chi connectivity index (χ0n) is 4.72. The lowest BCUT2D eigenvalue weighted by atomic mass is 10.1. The van der Waals surface area contributed by atoms with Crippen molar-refractivity contribution in [3.05, 3.63) is 36.0 Å². The summed E-state index contributed by atoms with van der Waals surface area (Å²) in [5, 5.41) is 0. The van der Waals surface area contributed by atoms with Crippen molar-refractivity contribution in [2.24, 2.45) is 5.92 Å². The summed E-state index contributed by atoms with van der Waals surface area (Å²) in [6, 6.07) is 0. The lowest BCUT2D eigenvalue weighted by Gasteiger charge is -1.92. The Labute approximate surface area is 49.2 Å². The predicted octanol–water partition coefficient (Wildman–Crippen LogP) is 2.06. The zero-order chi connectivity index (χ0) is 5.56. The molecule has 0 saturated heterocycles. The molecule has 0 spiro atoms. The maximum absolute atomic E-state index is 3.83. The summed E-state index contributed by atoms with van der Waals surface area (Å²) in [5.41, 5.74) is 2.73. The average Bonchev–Trinajstić information content (AvgIpc) is 2.43. The fourth-order valence-electron chi connectivity index (χ4n) is 1.08. The largest absolute Gasteiger partial charge is 0.0918 e. The third kappa shape index (κ3) is 0.460. The van der Waals surface area contributed by atoms with Gasteiger partial charge >= 0.3 is 0 Å². The zero-order valence-corrected chi connectivity index (χ0v) is 4.72. The molecule has 0 aromatic heterocycles. The van der Waals surface area contributed by atoms with Gasteiger partial charge in [0, 0.05) is 5.92 Å². The van der Waals surface area contributed by atoms with Crippen LogP contribution in [0.2, 0.25) is 0 Å². The monoisotopic (exact) mass is 104 g/mol. The first-order valence-electron chi connectivity index (χ1n) is 2.94. The Bertz CT molecular complexity index is 194. The number of hydrogen-bond donors (Lipinski definition) is 0. The third-order valence-electron chi connectivity index (χ3n) is 1.69. The van der Waals surface area contributed by atoms with Crippen LogP contribution in [-0.4, -0.2) is 0 Å². The van der Waals surface area contributed by atoms with Crippen molar-refractivity contribution in [3.63, 3.8) is 0 Å². The van der Waals surface area contributed by atoms with E-state index in [2.05, 4.69) is 24.8 Å². The molecule has 1 atom stereocenters. The van der Waals surface area contributed by atoms with Crippen molar-refractivity contribution in [1.29, 1.82) is 0 Å². The van der Waals surface area contributed by atoms with Gasteiger partial charge < -0.3 is 0 Å². The van der Waals surface area contributed by atoms with Crippen molar-refractivity contribution in [1.82, 2.24) is 0 Å². The number of allylic oxidation sites excluding steroid dienone is 5. The Morgan fingerprint density at radius 2 is 2.50 bits per heavy atom. The van der Waals surface area contributed by atoms with Crippen LogP contribution < -0.4 is 0 Å². The Morgan fingerprint density at radius 3 is 3.12 bits per heavy atom. The van der Waals surface area contributed by atoms with Gasteiger partial charge in [-0.05, 0) is 12.0 Å². The fourth-order valence-corrected chi connectivity index (χ4v) is 1.08. The second-order valence-corrected chi connectivity index (χ2v) is 2.46. The van der Waals surface area contributed by atoms with Crippen molar-refractivity contribution >= 4 is 0 Å². The number of rotatable bonds is 0. The van der Waals surface area contributed by atoms with Gasteiger partial charge in [-0.3, -0.25) is 0 Å². The first kappa shape index (κ1) is 4.13. The Morgan fingerprint density at radius 1 is 1.62 bits per heavy atom. The topological polar surface area (TPSA) is 0 Å². The van der Waals surface area contributed by atoms with E-state index in [1.165, 1.54) is 6.42 Å². The van der Waals surface area contributed by atoms with Crippen molar-refractivity contribution in [2.75, 3.05) is 0 Å². The molecule has 0 aromatic rings. The lowest BCUT2D eigenvalue weighted by Crippen LogP contribution is -1.74. The van der Waals surface area contributed by atoms with Crippen LogP contribution in [-0.2, 0) is 0 Å². The maximum atomic E-state index is 3.83. The molecule has 0 amide bonds. The quantitative estimate of drug-likeness (QED) is 0.441. The van der Waals surface area contributed by atoms with Crippen LogP contribution in [0.3, 0.4) is 0 Å². The van der Waals surface area contributed by atoms with E-state index in [-0.39, 0.29) is 0 Å². The van der Waals surface area contributed by atoms with Crippen LogP contribution in [0.15, 0.2) is 36.0 Å². The highest BCUT2D eigenvalue weighted by atomic mass is 14.3. The van der Waals surface area contributed by atoms with Gasteiger partial charge in [0.15, 0.2) is 0 Å². The summed E-state index contributed by atoms with van der Waals surface area (Å²) in [5.74, 6) is 0.806. The van der Waals surface area contributed by atoms with E-state index in [0.29, 0.717) is 0 Å². The first-order chi connectivity index (χ1) is 3.86. The molecular formula is C8H8. The SMILES string of the molecule is C=C1C=CC2CC2=C1. The molecule has 2 rings (SSSR count). The summed E-state index contributed by atoms with van der Waals surface area (Å²) < 4.78 is 0. The minimum absolute atomic E-state index is 0.806. The molecule has 0 nitrogen and oxygen atoms in total. The first-order valence-corrected chi connectivity index (χ1v) is 2.94. The van der Waals surface area contributed by atoms with E-state index in [0.717, 1.165) is 11.5 Å². The Hall–Kier alpha value is -0.780. The van der Waals surface area contributed by atoms with Gasteiger partial charge in [0.2, 0.25) is 0 Å². The highest BCUT2D eigenvalue weighted by Crippen LogP contribution is 2.42. The second-order valence-electron chi connectivity index (χ2n) is 2.46. The molecule has 8 heavy (non-hydrogen) atoms. The highest BCUT2D eigenvalue weighted by Gasteiger charge is 2.28.